The highest BCUT2D eigenvalue weighted by atomic mass is 32.1. The van der Waals surface area contributed by atoms with Crippen molar-refractivity contribution in [2.24, 2.45) is 0 Å². The summed E-state index contributed by atoms with van der Waals surface area (Å²) >= 11 is 2.67. The third-order valence-electron chi connectivity index (χ3n) is 11.8. The molecule has 0 spiro atoms. The van der Waals surface area contributed by atoms with Gasteiger partial charge in [-0.2, -0.15) is 26.3 Å². The summed E-state index contributed by atoms with van der Waals surface area (Å²) in [5, 5.41) is 8.32. The molecule has 0 unspecified atom stereocenters. The lowest BCUT2D eigenvalue weighted by atomic mass is 10.0. The van der Waals surface area contributed by atoms with E-state index in [0.29, 0.717) is 82.4 Å². The Kier molecular flexibility index (Phi) is 13.6. The number of hydrogen-bond acceptors (Lipinski definition) is 9. The first-order valence-corrected chi connectivity index (χ1v) is 22.8. The first-order chi connectivity index (χ1) is 32.3. The number of benzene rings is 4. The molecule has 8 rings (SSSR count). The molecular formula is C47H40F8N6O5S2. The van der Waals surface area contributed by atoms with E-state index >= 15 is 4.39 Å². The quantitative estimate of drug-likeness (QED) is 0.0821. The number of carbonyl (C=O) groups excluding carboxylic acids is 3. The number of alkyl halides is 6. The zero-order valence-corrected chi connectivity index (χ0v) is 37.5. The maximum Gasteiger partial charge on any atom is 0.416 e. The summed E-state index contributed by atoms with van der Waals surface area (Å²) < 4.78 is 123. The predicted molar refractivity (Wildman–Crippen MR) is 240 cm³/mol. The smallest absolute Gasteiger partial charge is 0.416 e. The van der Waals surface area contributed by atoms with Crippen molar-refractivity contribution in [2.45, 2.75) is 74.9 Å². The number of anilines is 4. The predicted octanol–water partition coefficient (Wildman–Crippen LogP) is 13.4. The van der Waals surface area contributed by atoms with Gasteiger partial charge >= 0.3 is 30.4 Å². The molecule has 68 heavy (non-hydrogen) atoms. The molecule has 0 atom stereocenters. The summed E-state index contributed by atoms with van der Waals surface area (Å²) in [7, 11) is 1.67. The largest absolute Gasteiger partial charge is 0.450 e. The van der Waals surface area contributed by atoms with Gasteiger partial charge in [0.1, 0.15) is 33.8 Å². The van der Waals surface area contributed by atoms with Crippen molar-refractivity contribution in [1.82, 2.24) is 9.97 Å². The maximum atomic E-state index is 15.5. The van der Waals surface area contributed by atoms with E-state index in [9.17, 15) is 45.1 Å². The fourth-order valence-corrected chi connectivity index (χ4v) is 10.5. The molecule has 4 amide bonds. The molecular weight excluding hydrogens is 945 g/mol. The Labute approximate surface area is 391 Å². The third kappa shape index (κ3) is 10.5. The average molecular weight is 985 g/mol. The molecule has 3 N–H and O–H groups in total. The van der Waals surface area contributed by atoms with Crippen molar-refractivity contribution in [3.63, 3.8) is 0 Å². The molecule has 0 bridgehead atoms. The number of methoxy groups -OCH3 is 1. The number of amides is 4. The van der Waals surface area contributed by atoms with Crippen LogP contribution in [0.25, 0.3) is 20.9 Å². The second kappa shape index (κ2) is 19.3. The number of ether oxygens (including phenoxy) is 2. The minimum atomic E-state index is -4.91. The molecule has 0 saturated heterocycles. The standard InChI is InChI=1S/C47H40F8N6O5S2/c1-65-44(18-2-3-19-44)40-56-24-37(67-40)28-8-14-32(15-9-28)59-43(64)61(36-23-30(47(53,54)55)11-17-34(36)49)26-39(62)66-45(20-4-5-21-45)41-57-25-38(68-41)27-6-12-31(13-7-27)58-42(63)60-35-22-29(46(50,51)52)10-16-33(35)48/h6-17,22-25H,2-5,18-21,26H2,1H3,(H,59,64)(H2,58,60,63). The van der Waals surface area contributed by atoms with Gasteiger partial charge in [0, 0.05) is 30.9 Å². The van der Waals surface area contributed by atoms with Crippen LogP contribution in [0.15, 0.2) is 97.3 Å². The molecule has 356 valence electrons. The van der Waals surface area contributed by atoms with Crippen molar-refractivity contribution in [3.8, 4) is 20.9 Å². The number of carbonyl (C=O) groups is 3. The van der Waals surface area contributed by atoms with Crippen molar-refractivity contribution in [1.29, 1.82) is 0 Å². The monoisotopic (exact) mass is 984 g/mol. The number of esters is 1. The van der Waals surface area contributed by atoms with Crippen LogP contribution in [-0.2, 0) is 37.8 Å². The van der Waals surface area contributed by atoms with E-state index in [-0.39, 0.29) is 11.4 Å². The Bertz CT molecular complexity index is 2800. The van der Waals surface area contributed by atoms with Crippen LogP contribution in [0.2, 0.25) is 0 Å². The van der Waals surface area contributed by atoms with Crippen LogP contribution in [0.1, 0.15) is 72.5 Å². The third-order valence-corrected chi connectivity index (χ3v) is 14.3. The lowest BCUT2D eigenvalue weighted by molar-refractivity contribution is -0.158. The molecule has 11 nitrogen and oxygen atoms in total. The van der Waals surface area contributed by atoms with Crippen LogP contribution >= 0.6 is 22.7 Å². The first kappa shape index (κ1) is 48.0. The van der Waals surface area contributed by atoms with E-state index in [4.69, 9.17) is 9.47 Å². The molecule has 2 fully saturated rings. The van der Waals surface area contributed by atoms with Crippen molar-refractivity contribution in [3.05, 3.63) is 130 Å². The number of thiazole rings is 2. The van der Waals surface area contributed by atoms with Gasteiger partial charge in [-0.25, -0.2) is 28.3 Å². The SMILES string of the molecule is COC1(c2ncc(-c3ccc(NC(=O)N(CC(=O)OC4(c5ncc(-c6ccc(NC(=O)Nc7cc(C(F)(F)F)ccc7F)cc6)s5)CCCC4)c4cc(C(F)(F)F)ccc4F)cc3)s2)CCCC1. The number of urea groups is 2. The Morgan fingerprint density at radius 3 is 1.66 bits per heavy atom. The second-order valence-electron chi connectivity index (χ2n) is 16.2. The van der Waals surface area contributed by atoms with Gasteiger partial charge in [-0.15, -0.1) is 22.7 Å². The summed E-state index contributed by atoms with van der Waals surface area (Å²) in [6.07, 6.45) is -0.734. The Morgan fingerprint density at radius 1 is 0.647 bits per heavy atom. The fourth-order valence-electron chi connectivity index (χ4n) is 8.24. The van der Waals surface area contributed by atoms with Gasteiger partial charge in [0.15, 0.2) is 5.60 Å². The Hall–Kier alpha value is -6.45. The number of nitrogens with one attached hydrogen (secondary N) is 3. The van der Waals surface area contributed by atoms with Crippen molar-refractivity contribution >= 4 is 63.5 Å². The molecule has 0 aliphatic heterocycles. The number of aromatic nitrogens is 2. The molecule has 2 aliphatic carbocycles. The zero-order chi connectivity index (χ0) is 48.4. The minimum absolute atomic E-state index is 0.207. The first-order valence-electron chi connectivity index (χ1n) is 21.2. The minimum Gasteiger partial charge on any atom is -0.450 e. The molecule has 21 heteroatoms. The number of nitrogens with zero attached hydrogens (tertiary/aromatic N) is 3. The maximum absolute atomic E-state index is 15.5. The van der Waals surface area contributed by atoms with Crippen molar-refractivity contribution < 1.29 is 59.0 Å². The normalized spacial score (nSPS) is 15.5. The lowest BCUT2D eigenvalue weighted by Crippen LogP contribution is -2.42. The topological polar surface area (TPSA) is 135 Å². The summed E-state index contributed by atoms with van der Waals surface area (Å²) in [5.41, 5.74) is -3.79. The Morgan fingerprint density at radius 2 is 1.13 bits per heavy atom. The number of hydrogen-bond donors (Lipinski definition) is 3. The summed E-state index contributed by atoms with van der Waals surface area (Å²) in [6.45, 7) is -0.977. The van der Waals surface area contributed by atoms with Gasteiger partial charge in [0.05, 0.1) is 32.3 Å². The highest BCUT2D eigenvalue weighted by molar-refractivity contribution is 7.15. The average Bonchev–Trinajstić information content (AvgIpc) is 4.15. The van der Waals surface area contributed by atoms with Gasteiger partial charge in [-0.05, 0) is 110 Å². The van der Waals surface area contributed by atoms with Crippen LogP contribution in [0, 0.1) is 11.6 Å². The molecule has 6 aromatic rings. The van der Waals surface area contributed by atoms with Crippen LogP contribution < -0.4 is 20.9 Å². The molecule has 2 aliphatic rings. The van der Waals surface area contributed by atoms with Gasteiger partial charge in [-0.3, -0.25) is 9.69 Å². The molecule has 2 heterocycles. The number of rotatable bonds is 12. The zero-order valence-electron chi connectivity index (χ0n) is 35.8. The second-order valence-corrected chi connectivity index (χ2v) is 18.3. The van der Waals surface area contributed by atoms with Gasteiger partial charge < -0.3 is 25.4 Å². The molecule has 2 saturated carbocycles. The van der Waals surface area contributed by atoms with Crippen molar-refractivity contribution in [2.75, 3.05) is 34.5 Å². The van der Waals surface area contributed by atoms with Gasteiger partial charge in [-0.1, -0.05) is 37.1 Å². The highest BCUT2D eigenvalue weighted by Gasteiger charge is 2.43. The number of halogens is 8. The van der Waals surface area contributed by atoms with E-state index in [1.807, 2.05) is 0 Å². The summed E-state index contributed by atoms with van der Waals surface area (Å²) in [6, 6.07) is 13.8. The summed E-state index contributed by atoms with van der Waals surface area (Å²) in [4.78, 5) is 51.6. The summed E-state index contributed by atoms with van der Waals surface area (Å²) in [5.74, 6) is -3.30. The fraction of sp³-hybridized carbons (Fsp3) is 0.298. The Balaban J connectivity index is 0.969. The van der Waals surface area contributed by atoms with Crippen LogP contribution in [0.4, 0.5) is 67.5 Å². The highest BCUT2D eigenvalue weighted by Crippen LogP contribution is 2.47. The van der Waals surface area contributed by atoms with Gasteiger partial charge in [0.25, 0.3) is 0 Å². The molecule has 2 aromatic heterocycles. The van der Waals surface area contributed by atoms with E-state index in [1.54, 1.807) is 49.7 Å². The van der Waals surface area contributed by atoms with E-state index in [1.165, 1.54) is 41.0 Å². The van der Waals surface area contributed by atoms with Crippen LogP contribution in [0.5, 0.6) is 0 Å². The van der Waals surface area contributed by atoms with E-state index in [2.05, 4.69) is 25.9 Å². The van der Waals surface area contributed by atoms with Gasteiger partial charge in [0.2, 0.25) is 0 Å². The molecule has 0 radical (unpaired) electrons. The lowest BCUT2D eigenvalue weighted by Gasteiger charge is -2.29. The van der Waals surface area contributed by atoms with E-state index < -0.39 is 82.3 Å². The van der Waals surface area contributed by atoms with Crippen LogP contribution in [-0.4, -0.2) is 41.7 Å². The molecule has 4 aromatic carbocycles. The van der Waals surface area contributed by atoms with E-state index in [0.717, 1.165) is 41.1 Å². The van der Waals surface area contributed by atoms with Crippen LogP contribution in [0.3, 0.4) is 0 Å².